The lowest BCUT2D eigenvalue weighted by molar-refractivity contribution is -0.133. The standard InChI is InChI=1S/C26H32N6O4/c1-30-24-21(13-27-30)28-22(29-26(24)35)15-32(14-17-3-4-17)23(33)16-31-11-9-19(10-12-31)25(34)18-5-7-20(36-2)8-6-18/h5-8,13,17,19H,3-4,9-12,14-16H2,1-2H3,(H,28,29,35). The van der Waals surface area contributed by atoms with Crippen molar-refractivity contribution in [3.8, 4) is 5.75 Å². The number of Topliss-reactive ketones (excluding diaryl/α,β-unsaturated/α-hetero) is 1. The summed E-state index contributed by atoms with van der Waals surface area (Å²) < 4.78 is 6.68. The summed E-state index contributed by atoms with van der Waals surface area (Å²) in [5.74, 6) is 1.85. The monoisotopic (exact) mass is 492 g/mol. The highest BCUT2D eigenvalue weighted by atomic mass is 16.5. The summed E-state index contributed by atoms with van der Waals surface area (Å²) in [6, 6.07) is 7.25. The molecule has 1 aliphatic heterocycles. The van der Waals surface area contributed by atoms with E-state index in [2.05, 4.69) is 20.0 Å². The lowest BCUT2D eigenvalue weighted by Crippen LogP contribution is -2.45. The van der Waals surface area contributed by atoms with Crippen LogP contribution in [0, 0.1) is 11.8 Å². The van der Waals surface area contributed by atoms with E-state index < -0.39 is 0 Å². The summed E-state index contributed by atoms with van der Waals surface area (Å²) in [5.41, 5.74) is 1.40. The molecule has 2 fully saturated rings. The van der Waals surface area contributed by atoms with Crippen LogP contribution in [0.5, 0.6) is 5.75 Å². The Labute approximate surface area is 209 Å². The molecule has 36 heavy (non-hydrogen) atoms. The second kappa shape index (κ2) is 10.2. The summed E-state index contributed by atoms with van der Waals surface area (Å²) in [4.78, 5) is 50.0. The Morgan fingerprint density at radius 3 is 2.53 bits per heavy atom. The van der Waals surface area contributed by atoms with Crippen LogP contribution in [0.25, 0.3) is 11.0 Å². The van der Waals surface area contributed by atoms with Crippen LogP contribution in [0.15, 0.2) is 35.3 Å². The van der Waals surface area contributed by atoms with E-state index in [1.165, 1.54) is 4.68 Å². The van der Waals surface area contributed by atoms with Crippen LogP contribution in [0.1, 0.15) is 41.9 Å². The van der Waals surface area contributed by atoms with Gasteiger partial charge in [-0.05, 0) is 69.0 Å². The van der Waals surface area contributed by atoms with E-state index in [0.717, 1.165) is 31.4 Å². The minimum Gasteiger partial charge on any atom is -0.497 e. The fourth-order valence-electron chi connectivity index (χ4n) is 4.89. The molecule has 2 aliphatic rings. The lowest BCUT2D eigenvalue weighted by Gasteiger charge is -2.32. The normalized spacial score (nSPS) is 16.8. The van der Waals surface area contributed by atoms with Crippen molar-refractivity contribution < 1.29 is 14.3 Å². The topological polar surface area (TPSA) is 113 Å². The molecule has 5 rings (SSSR count). The van der Waals surface area contributed by atoms with E-state index in [1.54, 1.807) is 20.4 Å². The zero-order valence-corrected chi connectivity index (χ0v) is 20.8. The van der Waals surface area contributed by atoms with E-state index in [4.69, 9.17) is 4.74 Å². The average Bonchev–Trinajstić information content (AvgIpc) is 3.63. The summed E-state index contributed by atoms with van der Waals surface area (Å²) in [6.07, 6.45) is 5.27. The van der Waals surface area contributed by atoms with Crippen LogP contribution >= 0.6 is 0 Å². The van der Waals surface area contributed by atoms with Gasteiger partial charge in [0.25, 0.3) is 5.56 Å². The molecule has 10 nitrogen and oxygen atoms in total. The predicted molar refractivity (Wildman–Crippen MR) is 134 cm³/mol. The van der Waals surface area contributed by atoms with Crippen molar-refractivity contribution in [1.29, 1.82) is 0 Å². The van der Waals surface area contributed by atoms with E-state index in [1.807, 2.05) is 29.2 Å². The summed E-state index contributed by atoms with van der Waals surface area (Å²) in [5, 5.41) is 4.11. The number of hydrogen-bond acceptors (Lipinski definition) is 7. The maximum atomic E-state index is 13.3. The van der Waals surface area contributed by atoms with Crippen LogP contribution in [0.3, 0.4) is 0 Å². The van der Waals surface area contributed by atoms with Crippen LogP contribution in [0.4, 0.5) is 0 Å². The highest BCUT2D eigenvalue weighted by Crippen LogP contribution is 2.30. The largest absolute Gasteiger partial charge is 0.497 e. The van der Waals surface area contributed by atoms with Crippen molar-refractivity contribution in [2.75, 3.05) is 33.3 Å². The molecule has 190 valence electrons. The first-order chi connectivity index (χ1) is 17.4. The number of hydrogen-bond donors (Lipinski definition) is 1. The van der Waals surface area contributed by atoms with Crippen molar-refractivity contribution in [2.24, 2.45) is 18.9 Å². The van der Waals surface area contributed by atoms with Crippen molar-refractivity contribution in [2.45, 2.75) is 32.2 Å². The van der Waals surface area contributed by atoms with E-state index in [0.29, 0.717) is 54.5 Å². The summed E-state index contributed by atoms with van der Waals surface area (Å²) in [7, 11) is 3.31. The Balaban J connectivity index is 1.19. The third-order valence-electron chi connectivity index (χ3n) is 7.21. The molecule has 1 N–H and O–H groups in total. The predicted octanol–water partition coefficient (Wildman–Crippen LogP) is 2.00. The van der Waals surface area contributed by atoms with Gasteiger partial charge in [-0.1, -0.05) is 0 Å². The molecule has 0 unspecified atom stereocenters. The lowest BCUT2D eigenvalue weighted by atomic mass is 9.89. The Morgan fingerprint density at radius 2 is 1.86 bits per heavy atom. The number of amides is 1. The minimum atomic E-state index is -0.252. The van der Waals surface area contributed by atoms with Gasteiger partial charge in [0.2, 0.25) is 5.91 Å². The number of ether oxygens (including phenoxy) is 1. The minimum absolute atomic E-state index is 0.0239. The second-order valence-electron chi connectivity index (χ2n) is 9.88. The molecule has 0 atom stereocenters. The first kappa shape index (κ1) is 24.2. The highest BCUT2D eigenvalue weighted by molar-refractivity contribution is 5.98. The van der Waals surface area contributed by atoms with Gasteiger partial charge in [-0.25, -0.2) is 4.98 Å². The molecular weight excluding hydrogens is 460 g/mol. The third kappa shape index (κ3) is 5.33. The van der Waals surface area contributed by atoms with Gasteiger partial charge in [-0.2, -0.15) is 5.10 Å². The zero-order chi connectivity index (χ0) is 25.2. The third-order valence-corrected chi connectivity index (χ3v) is 7.21. The van der Waals surface area contributed by atoms with Crippen molar-refractivity contribution >= 4 is 22.7 Å². The van der Waals surface area contributed by atoms with Crippen LogP contribution in [-0.4, -0.2) is 74.5 Å². The first-order valence-electron chi connectivity index (χ1n) is 12.5. The number of fused-ring (bicyclic) bond motifs is 1. The number of nitrogens with zero attached hydrogens (tertiary/aromatic N) is 5. The molecular formula is C26H32N6O4. The zero-order valence-electron chi connectivity index (χ0n) is 20.8. The molecule has 1 aromatic carbocycles. The van der Waals surface area contributed by atoms with Gasteiger partial charge in [0.15, 0.2) is 11.3 Å². The van der Waals surface area contributed by atoms with Gasteiger partial charge < -0.3 is 14.6 Å². The SMILES string of the molecule is COc1ccc(C(=O)C2CCN(CC(=O)N(Cc3nc4cnn(C)c4c(=O)[nH]3)CC3CC3)CC2)cc1. The maximum absolute atomic E-state index is 13.3. The van der Waals surface area contributed by atoms with E-state index in [-0.39, 0.29) is 29.7 Å². The number of carbonyl (C=O) groups excluding carboxylic acids is 2. The molecule has 0 spiro atoms. The van der Waals surface area contributed by atoms with Gasteiger partial charge in [-0.15, -0.1) is 0 Å². The molecule has 10 heteroatoms. The number of ketones is 1. The molecule has 3 aromatic rings. The number of aryl methyl sites for hydroxylation is 1. The molecule has 1 saturated heterocycles. The molecule has 2 aromatic heterocycles. The van der Waals surface area contributed by atoms with E-state index >= 15 is 0 Å². The number of aromatic nitrogens is 4. The quantitative estimate of drug-likeness (QED) is 0.455. The first-order valence-corrected chi connectivity index (χ1v) is 12.5. The van der Waals surface area contributed by atoms with Crippen molar-refractivity contribution in [3.63, 3.8) is 0 Å². The fraction of sp³-hybridized carbons (Fsp3) is 0.500. The molecule has 1 aliphatic carbocycles. The highest BCUT2D eigenvalue weighted by Gasteiger charge is 2.30. The number of aromatic amines is 1. The molecule has 0 bridgehead atoms. The summed E-state index contributed by atoms with van der Waals surface area (Å²) >= 11 is 0. The fourth-order valence-corrected chi connectivity index (χ4v) is 4.89. The number of piperidine rings is 1. The van der Waals surface area contributed by atoms with Gasteiger partial charge in [-0.3, -0.25) is 24.0 Å². The molecule has 0 radical (unpaired) electrons. The number of rotatable bonds is 9. The van der Waals surface area contributed by atoms with E-state index in [9.17, 15) is 14.4 Å². The number of carbonyl (C=O) groups is 2. The number of nitrogens with one attached hydrogen (secondary N) is 1. The number of methoxy groups -OCH3 is 1. The smallest absolute Gasteiger partial charge is 0.277 e. The second-order valence-corrected chi connectivity index (χ2v) is 9.88. The molecule has 1 saturated carbocycles. The van der Waals surface area contributed by atoms with Crippen molar-refractivity contribution in [3.05, 3.63) is 52.2 Å². The Kier molecular flexibility index (Phi) is 6.86. The average molecular weight is 493 g/mol. The summed E-state index contributed by atoms with van der Waals surface area (Å²) in [6.45, 7) is 2.63. The number of H-pyrrole nitrogens is 1. The number of benzene rings is 1. The van der Waals surface area contributed by atoms with Gasteiger partial charge in [0.1, 0.15) is 17.1 Å². The Bertz CT molecular complexity index is 1300. The van der Waals surface area contributed by atoms with Gasteiger partial charge in [0, 0.05) is 25.1 Å². The van der Waals surface area contributed by atoms with Crippen LogP contribution in [0.2, 0.25) is 0 Å². The van der Waals surface area contributed by atoms with Gasteiger partial charge in [0.05, 0.1) is 26.4 Å². The Morgan fingerprint density at radius 1 is 1.14 bits per heavy atom. The van der Waals surface area contributed by atoms with Gasteiger partial charge >= 0.3 is 0 Å². The molecule has 3 heterocycles. The molecule has 1 amide bonds. The van der Waals surface area contributed by atoms with Crippen LogP contribution < -0.4 is 10.3 Å². The Hall–Kier alpha value is -3.53. The maximum Gasteiger partial charge on any atom is 0.277 e. The number of likely N-dealkylation sites (tertiary alicyclic amines) is 1. The van der Waals surface area contributed by atoms with Crippen molar-refractivity contribution in [1.82, 2.24) is 29.5 Å². The van der Waals surface area contributed by atoms with Crippen LogP contribution in [-0.2, 0) is 18.4 Å².